The number of nitrogens with zero attached hydrogens (tertiary/aromatic N) is 3. The van der Waals surface area contributed by atoms with Gasteiger partial charge in [-0.1, -0.05) is 31.2 Å². The van der Waals surface area contributed by atoms with Crippen LogP contribution >= 0.6 is 0 Å². The lowest BCUT2D eigenvalue weighted by atomic mass is 9.99. The normalized spacial score (nSPS) is 24.4. The van der Waals surface area contributed by atoms with E-state index in [9.17, 15) is 0 Å². The van der Waals surface area contributed by atoms with Crippen molar-refractivity contribution >= 4 is 5.96 Å². The Bertz CT molecular complexity index is 618. The summed E-state index contributed by atoms with van der Waals surface area (Å²) in [5.41, 5.74) is 2.82. The summed E-state index contributed by atoms with van der Waals surface area (Å²) >= 11 is 0. The molecule has 0 radical (unpaired) electrons. The molecule has 1 aromatic carbocycles. The Morgan fingerprint density at radius 2 is 2.00 bits per heavy atom. The zero-order valence-electron chi connectivity index (χ0n) is 17.3. The maximum atomic E-state index is 5.32. The molecule has 2 heterocycles. The molecule has 0 aromatic heterocycles. The lowest BCUT2D eigenvalue weighted by molar-refractivity contribution is 0.157. The second-order valence-electron chi connectivity index (χ2n) is 8.21. The smallest absolute Gasteiger partial charge is 0.193 e. The summed E-state index contributed by atoms with van der Waals surface area (Å²) in [7, 11) is 3.67. The van der Waals surface area contributed by atoms with Gasteiger partial charge in [0.25, 0.3) is 0 Å². The molecule has 1 N–H and O–H groups in total. The standard InChI is InChI=1S/C22H36N4O/c1-18-7-6-11-25(14-18)16-21-9-5-4-8-20(21)13-24-22(23-2)26-12-10-19(15-26)17-27-3/h4-5,8-9,18-19H,6-7,10-17H2,1-3H3,(H,23,24). The Balaban J connectivity index is 1.57. The molecule has 0 saturated carbocycles. The fraction of sp³-hybridized carbons (Fsp3) is 0.682. The predicted octanol–water partition coefficient (Wildman–Crippen LogP) is 2.96. The van der Waals surface area contributed by atoms with Crippen molar-refractivity contribution in [1.29, 1.82) is 0 Å². The molecule has 150 valence electrons. The Morgan fingerprint density at radius 3 is 2.74 bits per heavy atom. The molecule has 2 aliphatic heterocycles. The topological polar surface area (TPSA) is 40.1 Å². The highest BCUT2D eigenvalue weighted by Gasteiger charge is 2.24. The van der Waals surface area contributed by atoms with E-state index in [2.05, 4.69) is 51.3 Å². The van der Waals surface area contributed by atoms with Gasteiger partial charge in [-0.15, -0.1) is 0 Å². The zero-order chi connectivity index (χ0) is 19.1. The molecular weight excluding hydrogens is 336 g/mol. The minimum Gasteiger partial charge on any atom is -0.384 e. The molecule has 1 aromatic rings. The maximum Gasteiger partial charge on any atom is 0.193 e. The van der Waals surface area contributed by atoms with Crippen LogP contribution in [-0.4, -0.2) is 62.7 Å². The van der Waals surface area contributed by atoms with Crippen LogP contribution in [0.3, 0.4) is 0 Å². The highest BCUT2D eigenvalue weighted by Crippen LogP contribution is 2.20. The van der Waals surface area contributed by atoms with E-state index in [-0.39, 0.29) is 0 Å². The predicted molar refractivity (Wildman–Crippen MR) is 112 cm³/mol. The number of ether oxygens (including phenoxy) is 1. The molecule has 2 aliphatic rings. The number of nitrogens with one attached hydrogen (secondary N) is 1. The van der Waals surface area contributed by atoms with Gasteiger partial charge in [0, 0.05) is 52.8 Å². The summed E-state index contributed by atoms with van der Waals surface area (Å²) in [6.45, 7) is 9.63. The van der Waals surface area contributed by atoms with Crippen molar-refractivity contribution in [3.8, 4) is 0 Å². The number of rotatable bonds is 6. The lowest BCUT2D eigenvalue weighted by Gasteiger charge is -2.31. The zero-order valence-corrected chi connectivity index (χ0v) is 17.3. The van der Waals surface area contributed by atoms with Gasteiger partial charge < -0.3 is 15.0 Å². The van der Waals surface area contributed by atoms with E-state index >= 15 is 0 Å². The SMILES string of the molecule is CN=C(NCc1ccccc1CN1CCCC(C)C1)N1CCC(COC)C1. The first-order valence-electron chi connectivity index (χ1n) is 10.4. The molecular formula is C22H36N4O. The third-order valence-corrected chi connectivity index (χ3v) is 5.89. The number of methoxy groups -OCH3 is 1. The largest absolute Gasteiger partial charge is 0.384 e. The Labute approximate surface area is 164 Å². The Kier molecular flexibility index (Phi) is 7.53. The van der Waals surface area contributed by atoms with Crippen LogP contribution in [0.25, 0.3) is 0 Å². The van der Waals surface area contributed by atoms with E-state index in [1.807, 2.05) is 7.05 Å². The lowest BCUT2D eigenvalue weighted by Crippen LogP contribution is -2.40. The highest BCUT2D eigenvalue weighted by molar-refractivity contribution is 5.80. The first kappa shape index (κ1) is 20.2. The third kappa shape index (κ3) is 5.69. The number of aliphatic imine (C=N–C) groups is 1. The summed E-state index contributed by atoms with van der Waals surface area (Å²) in [4.78, 5) is 9.48. The molecule has 0 amide bonds. The van der Waals surface area contributed by atoms with Crippen molar-refractivity contribution in [3.05, 3.63) is 35.4 Å². The second-order valence-corrected chi connectivity index (χ2v) is 8.21. The van der Waals surface area contributed by atoms with Crippen LogP contribution in [0, 0.1) is 11.8 Å². The third-order valence-electron chi connectivity index (χ3n) is 5.89. The molecule has 0 aliphatic carbocycles. The van der Waals surface area contributed by atoms with Gasteiger partial charge in [-0.05, 0) is 42.9 Å². The molecule has 2 fully saturated rings. The molecule has 2 unspecified atom stereocenters. The molecule has 5 nitrogen and oxygen atoms in total. The van der Waals surface area contributed by atoms with Crippen molar-refractivity contribution in [2.75, 3.05) is 46.9 Å². The van der Waals surface area contributed by atoms with Crippen LogP contribution in [0.4, 0.5) is 0 Å². The minimum atomic E-state index is 0.613. The molecule has 0 spiro atoms. The fourth-order valence-electron chi connectivity index (χ4n) is 4.46. The molecule has 5 heteroatoms. The Hall–Kier alpha value is -1.59. The van der Waals surface area contributed by atoms with Crippen LogP contribution in [0.15, 0.2) is 29.3 Å². The first-order valence-corrected chi connectivity index (χ1v) is 10.4. The number of likely N-dealkylation sites (tertiary alicyclic amines) is 2. The Morgan fingerprint density at radius 1 is 1.19 bits per heavy atom. The molecule has 2 saturated heterocycles. The monoisotopic (exact) mass is 372 g/mol. The first-order chi connectivity index (χ1) is 13.2. The van der Waals surface area contributed by atoms with E-state index in [1.165, 1.54) is 43.5 Å². The number of piperidine rings is 1. The number of hydrogen-bond donors (Lipinski definition) is 1. The van der Waals surface area contributed by atoms with Crippen molar-refractivity contribution in [3.63, 3.8) is 0 Å². The van der Waals surface area contributed by atoms with Crippen LogP contribution in [0.2, 0.25) is 0 Å². The van der Waals surface area contributed by atoms with Gasteiger partial charge in [0.15, 0.2) is 5.96 Å². The summed E-state index contributed by atoms with van der Waals surface area (Å²) in [5.74, 6) is 2.44. The van der Waals surface area contributed by atoms with Crippen molar-refractivity contribution < 1.29 is 4.74 Å². The van der Waals surface area contributed by atoms with Gasteiger partial charge in [-0.25, -0.2) is 0 Å². The van der Waals surface area contributed by atoms with Crippen LogP contribution in [-0.2, 0) is 17.8 Å². The van der Waals surface area contributed by atoms with Gasteiger partial charge in [-0.3, -0.25) is 9.89 Å². The van der Waals surface area contributed by atoms with Crippen LogP contribution in [0.1, 0.15) is 37.3 Å². The molecule has 27 heavy (non-hydrogen) atoms. The van der Waals surface area contributed by atoms with Gasteiger partial charge in [0.1, 0.15) is 0 Å². The highest BCUT2D eigenvalue weighted by atomic mass is 16.5. The van der Waals surface area contributed by atoms with Gasteiger partial charge in [0.05, 0.1) is 6.61 Å². The fourth-order valence-corrected chi connectivity index (χ4v) is 4.46. The average molecular weight is 373 g/mol. The van der Waals surface area contributed by atoms with E-state index in [4.69, 9.17) is 4.74 Å². The van der Waals surface area contributed by atoms with E-state index in [1.54, 1.807) is 7.11 Å². The molecule has 3 rings (SSSR count). The van der Waals surface area contributed by atoms with Crippen LogP contribution < -0.4 is 5.32 Å². The van der Waals surface area contributed by atoms with E-state index in [0.717, 1.165) is 44.7 Å². The van der Waals surface area contributed by atoms with E-state index < -0.39 is 0 Å². The molecule has 0 bridgehead atoms. The van der Waals surface area contributed by atoms with Gasteiger partial charge in [0.2, 0.25) is 0 Å². The summed E-state index contributed by atoms with van der Waals surface area (Å²) in [5, 5.41) is 3.59. The van der Waals surface area contributed by atoms with Gasteiger partial charge >= 0.3 is 0 Å². The summed E-state index contributed by atoms with van der Waals surface area (Å²) in [6.07, 6.45) is 3.88. The number of hydrogen-bond acceptors (Lipinski definition) is 3. The molecule has 2 atom stereocenters. The summed E-state index contributed by atoms with van der Waals surface area (Å²) in [6, 6.07) is 8.84. The summed E-state index contributed by atoms with van der Waals surface area (Å²) < 4.78 is 5.32. The number of benzene rings is 1. The van der Waals surface area contributed by atoms with Crippen molar-refractivity contribution in [2.45, 2.75) is 39.3 Å². The van der Waals surface area contributed by atoms with Crippen molar-refractivity contribution in [2.24, 2.45) is 16.8 Å². The quantitative estimate of drug-likeness (QED) is 0.616. The van der Waals surface area contributed by atoms with Crippen LogP contribution in [0.5, 0.6) is 0 Å². The number of guanidine groups is 1. The van der Waals surface area contributed by atoms with Gasteiger partial charge in [-0.2, -0.15) is 0 Å². The second kappa shape index (κ2) is 10.1. The van der Waals surface area contributed by atoms with Crippen molar-refractivity contribution in [1.82, 2.24) is 15.1 Å². The van der Waals surface area contributed by atoms with E-state index in [0.29, 0.717) is 5.92 Å². The average Bonchev–Trinajstić information content (AvgIpc) is 3.12. The maximum absolute atomic E-state index is 5.32. The minimum absolute atomic E-state index is 0.613.